The highest BCUT2D eigenvalue weighted by atomic mass is 35.5. The summed E-state index contributed by atoms with van der Waals surface area (Å²) < 4.78 is 12.4. The number of aliphatic hydroxyl groups is 1. The van der Waals surface area contributed by atoms with Crippen LogP contribution in [0.25, 0.3) is 0 Å². The van der Waals surface area contributed by atoms with Crippen LogP contribution < -0.4 is 25.0 Å². The lowest BCUT2D eigenvalue weighted by molar-refractivity contribution is -0.146. The average Bonchev–Trinajstić information content (AvgIpc) is 3.44. The Balaban J connectivity index is 1.35. The van der Waals surface area contributed by atoms with Gasteiger partial charge in [0.25, 0.3) is 5.91 Å². The summed E-state index contributed by atoms with van der Waals surface area (Å²) in [5, 5.41) is 15.0. The van der Waals surface area contributed by atoms with Crippen LogP contribution in [0.15, 0.2) is 66.7 Å². The van der Waals surface area contributed by atoms with Crippen molar-refractivity contribution in [2.45, 2.75) is 50.2 Å². The normalized spacial score (nSPS) is 25.2. The first kappa shape index (κ1) is 30.8. The minimum absolute atomic E-state index is 0.0285. The second-order valence-corrected chi connectivity index (χ2v) is 17.7. The van der Waals surface area contributed by atoms with E-state index >= 15 is 0 Å². The van der Waals surface area contributed by atoms with Gasteiger partial charge in [-0.25, -0.2) is 0 Å². The lowest BCUT2D eigenvalue weighted by atomic mass is 9.82. The zero-order valence-electron chi connectivity index (χ0n) is 25.7. The number of nitrogens with one attached hydrogen (secondary N) is 1. The summed E-state index contributed by atoms with van der Waals surface area (Å²) in [6.45, 7) is 8.82. The van der Waals surface area contributed by atoms with E-state index in [9.17, 15) is 14.7 Å². The van der Waals surface area contributed by atoms with Crippen LogP contribution in [-0.4, -0.2) is 64.4 Å². The number of fused-ring (bicyclic) bond motifs is 2. The van der Waals surface area contributed by atoms with Crippen LogP contribution in [0.5, 0.6) is 5.75 Å². The number of carbonyl (C=O) groups excluding carboxylic acids is 2. The number of carbonyl (C=O) groups is 2. The van der Waals surface area contributed by atoms with Crippen molar-refractivity contribution in [1.29, 1.82) is 0 Å². The monoisotopic (exact) mass is 633 g/mol. The zero-order valence-corrected chi connectivity index (χ0v) is 27.4. The number of halogens is 1. The highest BCUT2D eigenvalue weighted by Gasteiger charge is 2.66. The van der Waals surface area contributed by atoms with Crippen molar-refractivity contribution in [3.05, 3.63) is 82.9 Å². The molecule has 3 heterocycles. The van der Waals surface area contributed by atoms with E-state index in [-0.39, 0.29) is 36.0 Å². The van der Waals surface area contributed by atoms with Gasteiger partial charge in [0.2, 0.25) is 5.91 Å². The summed E-state index contributed by atoms with van der Waals surface area (Å²) >= 11 is 6.57. The summed E-state index contributed by atoms with van der Waals surface area (Å²) in [6.07, 6.45) is 0.143. The SMILES string of the molecule is COc1ccc([Si](C)(C)[C@H]2[C@H](CCO)O[C@@]3(C(=O)N(Cc4ccc(N5CCNCC5=O)cc4)c4ccc(Cl)cc43)[C@@H]2C)cc1. The molecule has 1 spiro atoms. The van der Waals surface area contributed by atoms with Gasteiger partial charge in [0.05, 0.1) is 40.1 Å². The van der Waals surface area contributed by atoms with E-state index in [1.54, 1.807) is 12.0 Å². The largest absolute Gasteiger partial charge is 0.497 e. The van der Waals surface area contributed by atoms with Gasteiger partial charge in [-0.1, -0.05) is 61.1 Å². The lowest BCUT2D eigenvalue weighted by Crippen LogP contribution is -2.51. The highest BCUT2D eigenvalue weighted by molar-refractivity contribution is 6.91. The Bertz CT molecular complexity index is 1550. The van der Waals surface area contributed by atoms with Gasteiger partial charge in [-0.05, 0) is 60.0 Å². The Morgan fingerprint density at radius 2 is 1.82 bits per heavy atom. The maximum Gasteiger partial charge on any atom is 0.264 e. The fraction of sp³-hybridized carbons (Fsp3) is 0.412. The number of methoxy groups -OCH3 is 1. The van der Waals surface area contributed by atoms with Crippen molar-refractivity contribution in [2.75, 3.05) is 43.2 Å². The molecule has 0 saturated carbocycles. The van der Waals surface area contributed by atoms with Crippen LogP contribution in [0.3, 0.4) is 0 Å². The van der Waals surface area contributed by atoms with Crippen LogP contribution >= 0.6 is 11.6 Å². The summed E-state index contributed by atoms with van der Waals surface area (Å²) in [5.74, 6) is 0.578. The van der Waals surface area contributed by atoms with Crippen LogP contribution in [0.4, 0.5) is 11.4 Å². The molecule has 3 aromatic rings. The molecule has 8 nitrogen and oxygen atoms in total. The molecule has 0 bridgehead atoms. The van der Waals surface area contributed by atoms with E-state index in [2.05, 4.69) is 37.5 Å². The van der Waals surface area contributed by atoms with Gasteiger partial charge in [-0.15, -0.1) is 0 Å². The Morgan fingerprint density at radius 1 is 1.09 bits per heavy atom. The van der Waals surface area contributed by atoms with Gasteiger partial charge in [-0.3, -0.25) is 9.59 Å². The minimum atomic E-state index is -2.26. The van der Waals surface area contributed by atoms with Crippen molar-refractivity contribution < 1.29 is 24.2 Å². The van der Waals surface area contributed by atoms with Gasteiger partial charge in [0.15, 0.2) is 5.60 Å². The summed E-state index contributed by atoms with van der Waals surface area (Å²) in [4.78, 5) is 30.7. The molecule has 0 aromatic heterocycles. The molecule has 3 aliphatic rings. The Morgan fingerprint density at radius 3 is 2.48 bits per heavy atom. The molecule has 2 fully saturated rings. The Kier molecular flexibility index (Phi) is 8.36. The zero-order chi connectivity index (χ0) is 31.2. The van der Waals surface area contributed by atoms with Crippen molar-refractivity contribution >= 4 is 48.1 Å². The van der Waals surface area contributed by atoms with Gasteiger partial charge >= 0.3 is 0 Å². The predicted molar refractivity (Wildman–Crippen MR) is 176 cm³/mol. The molecule has 0 radical (unpaired) electrons. The van der Waals surface area contributed by atoms with E-state index < -0.39 is 13.7 Å². The molecule has 6 rings (SSSR count). The fourth-order valence-corrected chi connectivity index (χ4v) is 11.9. The maximum absolute atomic E-state index is 14.7. The van der Waals surface area contributed by atoms with E-state index in [0.717, 1.165) is 34.8 Å². The lowest BCUT2D eigenvalue weighted by Gasteiger charge is -2.37. The number of nitrogens with zero attached hydrogens (tertiary/aromatic N) is 2. The summed E-state index contributed by atoms with van der Waals surface area (Å²) in [6, 6.07) is 21.7. The van der Waals surface area contributed by atoms with E-state index in [0.29, 0.717) is 31.1 Å². The van der Waals surface area contributed by atoms with Crippen LogP contribution in [0.2, 0.25) is 23.7 Å². The fourth-order valence-electron chi connectivity index (χ4n) is 7.68. The van der Waals surface area contributed by atoms with Gasteiger partial charge in [0, 0.05) is 41.9 Å². The second kappa shape index (κ2) is 11.9. The molecule has 4 atom stereocenters. The molecule has 232 valence electrons. The predicted octanol–water partition coefficient (Wildman–Crippen LogP) is 4.43. The van der Waals surface area contributed by atoms with E-state index in [4.69, 9.17) is 21.1 Å². The number of hydrogen-bond donors (Lipinski definition) is 2. The number of hydrogen-bond acceptors (Lipinski definition) is 6. The van der Waals surface area contributed by atoms with Crippen molar-refractivity contribution in [3.8, 4) is 5.75 Å². The van der Waals surface area contributed by atoms with Crippen LogP contribution in [0.1, 0.15) is 24.5 Å². The van der Waals surface area contributed by atoms with Gasteiger partial charge in [-0.2, -0.15) is 0 Å². The molecular weight excluding hydrogens is 594 g/mol. The van der Waals surface area contributed by atoms with Crippen molar-refractivity contribution in [2.24, 2.45) is 5.92 Å². The van der Waals surface area contributed by atoms with Gasteiger partial charge in [0.1, 0.15) is 5.75 Å². The maximum atomic E-state index is 14.7. The first-order valence-electron chi connectivity index (χ1n) is 15.3. The molecule has 44 heavy (non-hydrogen) atoms. The Labute approximate surface area is 264 Å². The third kappa shape index (κ3) is 5.04. The first-order chi connectivity index (χ1) is 21.1. The molecular formula is C34H40ClN3O5Si. The molecule has 3 aliphatic heterocycles. The summed E-state index contributed by atoms with van der Waals surface area (Å²) in [5.41, 5.74) is 2.22. The molecule has 2 saturated heterocycles. The molecule has 3 aromatic carbocycles. The Hall–Kier alpha value is -3.21. The number of rotatable bonds is 8. The smallest absolute Gasteiger partial charge is 0.264 e. The topological polar surface area (TPSA) is 91.3 Å². The number of aliphatic hydroxyl groups excluding tert-OH is 1. The molecule has 10 heteroatoms. The van der Waals surface area contributed by atoms with Crippen LogP contribution in [-0.2, 0) is 26.5 Å². The number of anilines is 2. The molecule has 2 amide bonds. The second-order valence-electron chi connectivity index (χ2n) is 12.6. The summed E-state index contributed by atoms with van der Waals surface area (Å²) in [7, 11) is -0.600. The van der Waals surface area contributed by atoms with E-state index in [1.165, 1.54) is 5.19 Å². The molecule has 0 aliphatic carbocycles. The van der Waals surface area contributed by atoms with Gasteiger partial charge < -0.3 is 29.7 Å². The molecule has 0 unspecified atom stereocenters. The first-order valence-corrected chi connectivity index (χ1v) is 18.7. The number of ether oxygens (including phenoxy) is 2. The third-order valence-electron chi connectivity index (χ3n) is 9.89. The quantitative estimate of drug-likeness (QED) is 0.357. The molecule has 2 N–H and O–H groups in total. The standard InChI is InChI=1S/C34H40ClN3O5Si/c1-22-32(44(3,4)27-12-10-26(42-2)11-13-27)30(15-18-39)43-34(22)28-19-24(35)7-14-29(28)38(33(34)41)21-23-5-8-25(9-6-23)37-17-16-36-20-31(37)40/h5-14,19,22,30,32,36,39H,15-18,20-21H2,1-4H3/t22-,30+,32-,34+/m1/s1. The number of benzene rings is 3. The minimum Gasteiger partial charge on any atom is -0.497 e. The van der Waals surface area contributed by atoms with Crippen LogP contribution in [0, 0.1) is 5.92 Å². The van der Waals surface area contributed by atoms with E-state index in [1.807, 2.05) is 59.5 Å². The average molecular weight is 634 g/mol. The number of amides is 2. The third-order valence-corrected chi connectivity index (χ3v) is 14.5. The number of piperazine rings is 1. The van der Waals surface area contributed by atoms with Crippen molar-refractivity contribution in [1.82, 2.24) is 5.32 Å². The highest BCUT2D eigenvalue weighted by Crippen LogP contribution is 2.60. The van der Waals surface area contributed by atoms with Crippen molar-refractivity contribution in [3.63, 3.8) is 0 Å².